The number of rotatable bonds is 5. The number of hydrogen-bond acceptors (Lipinski definition) is 3. The van der Waals surface area contributed by atoms with Crippen LogP contribution in [0.4, 0.5) is 10.1 Å². The van der Waals surface area contributed by atoms with E-state index in [1.807, 2.05) is 26.8 Å². The summed E-state index contributed by atoms with van der Waals surface area (Å²) in [5.74, 6) is -1.44. The third-order valence-electron chi connectivity index (χ3n) is 2.96. The van der Waals surface area contributed by atoms with Gasteiger partial charge in [0.1, 0.15) is 5.82 Å². The summed E-state index contributed by atoms with van der Waals surface area (Å²) in [6.45, 7) is 7.86. The molecule has 0 fully saturated rings. The molecule has 1 aromatic rings. The fraction of sp³-hybridized carbons (Fsp3) is 0.471. The quantitative estimate of drug-likeness (QED) is 0.906. The highest BCUT2D eigenvalue weighted by Crippen LogP contribution is 2.21. The molecule has 0 aliphatic rings. The standard InChI is InChI=1S/C17H22FN3O2/c1-12(22)20-13-6-7-15(18)14(10-13)16(23)21(9-5-8-19)11-17(2,3)4/h6-7,10H,5,9,11H2,1-4H3,(H,20,22). The topological polar surface area (TPSA) is 73.2 Å². The van der Waals surface area contributed by atoms with Gasteiger partial charge in [0, 0.05) is 25.7 Å². The predicted octanol–water partition coefficient (Wildman–Crippen LogP) is 3.19. The maximum Gasteiger partial charge on any atom is 0.256 e. The summed E-state index contributed by atoms with van der Waals surface area (Å²) >= 11 is 0. The summed E-state index contributed by atoms with van der Waals surface area (Å²) in [4.78, 5) is 25.2. The van der Waals surface area contributed by atoms with Crippen molar-refractivity contribution in [2.75, 3.05) is 18.4 Å². The molecule has 0 unspecified atom stereocenters. The van der Waals surface area contributed by atoms with Gasteiger partial charge in [0.25, 0.3) is 5.91 Å². The first-order valence-electron chi connectivity index (χ1n) is 7.37. The van der Waals surface area contributed by atoms with E-state index in [9.17, 15) is 14.0 Å². The van der Waals surface area contributed by atoms with Crippen molar-refractivity contribution in [3.05, 3.63) is 29.6 Å². The van der Waals surface area contributed by atoms with Crippen molar-refractivity contribution in [1.29, 1.82) is 5.26 Å². The molecule has 5 nitrogen and oxygen atoms in total. The molecule has 1 rings (SSSR count). The van der Waals surface area contributed by atoms with Gasteiger partial charge < -0.3 is 10.2 Å². The maximum absolute atomic E-state index is 14.0. The molecule has 0 radical (unpaired) electrons. The van der Waals surface area contributed by atoms with Gasteiger partial charge in [-0.25, -0.2) is 4.39 Å². The van der Waals surface area contributed by atoms with Crippen LogP contribution in [0.1, 0.15) is 44.5 Å². The van der Waals surface area contributed by atoms with Crippen LogP contribution >= 0.6 is 0 Å². The Morgan fingerprint density at radius 1 is 1.35 bits per heavy atom. The second-order valence-electron chi connectivity index (χ2n) is 6.57. The number of nitrogens with zero attached hydrogens (tertiary/aromatic N) is 2. The van der Waals surface area contributed by atoms with Gasteiger partial charge in [0.15, 0.2) is 0 Å². The van der Waals surface area contributed by atoms with Gasteiger partial charge in [-0.05, 0) is 23.6 Å². The van der Waals surface area contributed by atoms with Crippen molar-refractivity contribution in [3.63, 3.8) is 0 Å². The van der Waals surface area contributed by atoms with Gasteiger partial charge in [-0.3, -0.25) is 9.59 Å². The van der Waals surface area contributed by atoms with Crippen molar-refractivity contribution in [1.82, 2.24) is 4.90 Å². The molecule has 0 saturated heterocycles. The molecule has 0 atom stereocenters. The summed E-state index contributed by atoms with van der Waals surface area (Å²) in [6.07, 6.45) is 0.175. The van der Waals surface area contributed by atoms with Gasteiger partial charge in [0.2, 0.25) is 5.91 Å². The van der Waals surface area contributed by atoms with Crippen LogP contribution in [-0.4, -0.2) is 29.8 Å². The van der Waals surface area contributed by atoms with E-state index in [1.165, 1.54) is 24.0 Å². The minimum atomic E-state index is -0.653. The fourth-order valence-electron chi connectivity index (χ4n) is 2.15. The smallest absolute Gasteiger partial charge is 0.256 e. The van der Waals surface area contributed by atoms with E-state index in [1.54, 1.807) is 0 Å². The lowest BCUT2D eigenvalue weighted by Crippen LogP contribution is -2.38. The molecule has 0 spiro atoms. The second kappa shape index (κ2) is 7.73. The summed E-state index contributed by atoms with van der Waals surface area (Å²) in [7, 11) is 0. The molecule has 0 saturated carbocycles. The first-order valence-corrected chi connectivity index (χ1v) is 7.37. The average Bonchev–Trinajstić information content (AvgIpc) is 2.43. The number of amides is 2. The summed E-state index contributed by atoms with van der Waals surface area (Å²) in [5, 5.41) is 11.3. The van der Waals surface area contributed by atoms with E-state index in [0.717, 1.165) is 6.07 Å². The highest BCUT2D eigenvalue weighted by atomic mass is 19.1. The summed E-state index contributed by atoms with van der Waals surface area (Å²) < 4.78 is 14.0. The summed E-state index contributed by atoms with van der Waals surface area (Å²) in [6, 6.07) is 5.87. The van der Waals surface area contributed by atoms with Crippen LogP contribution in [0.3, 0.4) is 0 Å². The maximum atomic E-state index is 14.0. The van der Waals surface area contributed by atoms with Gasteiger partial charge >= 0.3 is 0 Å². The Morgan fingerprint density at radius 3 is 2.52 bits per heavy atom. The Bertz CT molecular complexity index is 630. The number of anilines is 1. The van der Waals surface area contributed by atoms with Crippen LogP contribution < -0.4 is 5.32 Å². The number of nitriles is 1. The Balaban J connectivity index is 3.11. The zero-order valence-electron chi connectivity index (χ0n) is 13.9. The molecule has 124 valence electrons. The molecule has 1 aromatic carbocycles. The minimum Gasteiger partial charge on any atom is -0.337 e. The van der Waals surface area contributed by atoms with Crippen molar-refractivity contribution in [2.24, 2.45) is 5.41 Å². The van der Waals surface area contributed by atoms with Crippen molar-refractivity contribution in [3.8, 4) is 6.07 Å². The first-order chi connectivity index (χ1) is 10.6. The lowest BCUT2D eigenvalue weighted by atomic mass is 9.95. The Kier molecular flexibility index (Phi) is 6.26. The fourth-order valence-corrected chi connectivity index (χ4v) is 2.15. The van der Waals surface area contributed by atoms with Crippen LogP contribution in [0.2, 0.25) is 0 Å². The number of benzene rings is 1. The molecular formula is C17H22FN3O2. The molecule has 0 bridgehead atoms. The SMILES string of the molecule is CC(=O)Nc1ccc(F)c(C(=O)N(CCC#N)CC(C)(C)C)c1. The zero-order chi connectivity index (χ0) is 17.6. The van der Waals surface area contributed by atoms with Gasteiger partial charge in [0.05, 0.1) is 18.1 Å². The number of hydrogen-bond donors (Lipinski definition) is 1. The van der Waals surface area contributed by atoms with Crippen LogP contribution in [0, 0.1) is 22.6 Å². The molecule has 0 aliphatic carbocycles. The lowest BCUT2D eigenvalue weighted by Gasteiger charge is -2.29. The van der Waals surface area contributed by atoms with E-state index >= 15 is 0 Å². The second-order valence-corrected chi connectivity index (χ2v) is 6.57. The molecular weight excluding hydrogens is 297 g/mol. The third-order valence-corrected chi connectivity index (χ3v) is 2.96. The number of carbonyl (C=O) groups excluding carboxylic acids is 2. The zero-order valence-corrected chi connectivity index (χ0v) is 13.9. The number of nitrogens with one attached hydrogen (secondary N) is 1. The molecule has 1 N–H and O–H groups in total. The Hall–Kier alpha value is -2.42. The van der Waals surface area contributed by atoms with E-state index in [2.05, 4.69) is 5.32 Å². The Labute approximate surface area is 136 Å². The lowest BCUT2D eigenvalue weighted by molar-refractivity contribution is -0.114. The number of carbonyl (C=O) groups is 2. The van der Waals surface area contributed by atoms with E-state index in [0.29, 0.717) is 12.2 Å². The number of halogens is 1. The molecule has 2 amide bonds. The third kappa shape index (κ3) is 6.07. The average molecular weight is 319 g/mol. The van der Waals surface area contributed by atoms with E-state index in [-0.39, 0.29) is 29.9 Å². The van der Waals surface area contributed by atoms with Crippen LogP contribution in [0.25, 0.3) is 0 Å². The monoisotopic (exact) mass is 319 g/mol. The van der Waals surface area contributed by atoms with Crippen molar-refractivity contribution >= 4 is 17.5 Å². The van der Waals surface area contributed by atoms with Crippen LogP contribution in [0.5, 0.6) is 0 Å². The Morgan fingerprint density at radius 2 is 2.00 bits per heavy atom. The molecule has 23 heavy (non-hydrogen) atoms. The highest BCUT2D eigenvalue weighted by Gasteiger charge is 2.24. The highest BCUT2D eigenvalue weighted by molar-refractivity contribution is 5.97. The van der Waals surface area contributed by atoms with E-state index < -0.39 is 11.7 Å². The minimum absolute atomic E-state index is 0.113. The van der Waals surface area contributed by atoms with Gasteiger partial charge in [-0.1, -0.05) is 20.8 Å². The van der Waals surface area contributed by atoms with Gasteiger partial charge in [-0.15, -0.1) is 0 Å². The summed E-state index contributed by atoms with van der Waals surface area (Å²) in [5.41, 5.74) is 0.0632. The predicted molar refractivity (Wildman–Crippen MR) is 86.3 cm³/mol. The van der Waals surface area contributed by atoms with Gasteiger partial charge in [-0.2, -0.15) is 5.26 Å². The molecule has 0 heterocycles. The molecule has 6 heteroatoms. The van der Waals surface area contributed by atoms with E-state index in [4.69, 9.17) is 5.26 Å². The molecule has 0 aromatic heterocycles. The van der Waals surface area contributed by atoms with Crippen LogP contribution in [-0.2, 0) is 4.79 Å². The normalized spacial score (nSPS) is 10.8. The van der Waals surface area contributed by atoms with Crippen molar-refractivity contribution in [2.45, 2.75) is 34.1 Å². The van der Waals surface area contributed by atoms with Crippen LogP contribution in [0.15, 0.2) is 18.2 Å². The van der Waals surface area contributed by atoms with Crippen molar-refractivity contribution < 1.29 is 14.0 Å². The first kappa shape index (κ1) is 18.6. The largest absolute Gasteiger partial charge is 0.337 e. The molecule has 0 aliphatic heterocycles.